The number of unbranched alkanes of at least 4 members (excludes halogenated alkanes) is 1. The third kappa shape index (κ3) is 4.87. The van der Waals surface area contributed by atoms with E-state index < -0.39 is 0 Å². The van der Waals surface area contributed by atoms with Crippen molar-refractivity contribution in [2.45, 2.75) is 26.3 Å². The monoisotopic (exact) mass is 395 g/mol. The van der Waals surface area contributed by atoms with Gasteiger partial charge in [0.05, 0.1) is 18.4 Å². The van der Waals surface area contributed by atoms with Gasteiger partial charge in [-0.1, -0.05) is 13.3 Å². The molecule has 0 saturated heterocycles. The molecule has 152 valence electrons. The number of hydrogen-bond donors (Lipinski definition) is 3. The summed E-state index contributed by atoms with van der Waals surface area (Å²) in [4.78, 5) is 41.7. The number of hydrogen-bond acceptors (Lipinski definition) is 7. The number of rotatable bonds is 8. The average molecular weight is 395 g/mol. The quantitative estimate of drug-likeness (QED) is 0.499. The van der Waals surface area contributed by atoms with E-state index in [4.69, 9.17) is 0 Å². The maximum Gasteiger partial charge on any atom is 0.280 e. The minimum absolute atomic E-state index is 0.0688. The lowest BCUT2D eigenvalue weighted by molar-refractivity contribution is 0.0953. The molecule has 1 aromatic carbocycles. The van der Waals surface area contributed by atoms with Gasteiger partial charge >= 0.3 is 0 Å². The number of amides is 1. The molecule has 0 radical (unpaired) electrons. The fraction of sp³-hybridized carbons (Fsp3) is 0.350. The topological polar surface area (TPSA) is 116 Å². The van der Waals surface area contributed by atoms with Crippen molar-refractivity contribution >= 4 is 28.7 Å². The van der Waals surface area contributed by atoms with Gasteiger partial charge in [-0.25, -0.2) is 9.97 Å². The summed E-state index contributed by atoms with van der Waals surface area (Å²) in [6.45, 7) is 3.22. The first-order chi connectivity index (χ1) is 14.0. The van der Waals surface area contributed by atoms with Crippen LogP contribution in [0.2, 0.25) is 0 Å². The van der Waals surface area contributed by atoms with Gasteiger partial charge in [0.2, 0.25) is 5.95 Å². The Morgan fingerprint density at radius 1 is 1.21 bits per heavy atom. The summed E-state index contributed by atoms with van der Waals surface area (Å²) in [5, 5.41) is 5.69. The number of benzene rings is 1. The van der Waals surface area contributed by atoms with Crippen LogP contribution < -0.4 is 21.1 Å². The van der Waals surface area contributed by atoms with Crippen molar-refractivity contribution in [2.75, 3.05) is 30.9 Å². The molecule has 0 unspecified atom stereocenters. The highest BCUT2D eigenvalue weighted by molar-refractivity contribution is 5.94. The maximum atomic E-state index is 12.2. The first-order valence-electron chi connectivity index (χ1n) is 9.55. The normalized spacial score (nSPS) is 10.7. The summed E-state index contributed by atoms with van der Waals surface area (Å²) in [5.74, 6) is 0.279. The van der Waals surface area contributed by atoms with Crippen molar-refractivity contribution < 1.29 is 4.79 Å². The van der Waals surface area contributed by atoms with E-state index in [2.05, 4.69) is 37.5 Å². The number of carbonyl (C=O) groups is 1. The summed E-state index contributed by atoms with van der Waals surface area (Å²) in [5.41, 5.74) is 2.36. The van der Waals surface area contributed by atoms with Gasteiger partial charge in [-0.2, -0.15) is 4.98 Å². The van der Waals surface area contributed by atoms with E-state index in [1.807, 2.05) is 24.1 Å². The highest BCUT2D eigenvalue weighted by Gasteiger charge is 2.10. The molecule has 3 N–H and O–H groups in total. The Balaban J connectivity index is 1.71. The van der Waals surface area contributed by atoms with Crippen molar-refractivity contribution in [2.24, 2.45) is 0 Å². The summed E-state index contributed by atoms with van der Waals surface area (Å²) >= 11 is 0. The van der Waals surface area contributed by atoms with E-state index in [-0.39, 0.29) is 17.0 Å². The summed E-state index contributed by atoms with van der Waals surface area (Å²) < 4.78 is 0. The second kappa shape index (κ2) is 9.13. The molecule has 0 atom stereocenters. The van der Waals surface area contributed by atoms with Gasteiger partial charge in [0.25, 0.3) is 11.5 Å². The van der Waals surface area contributed by atoms with Crippen LogP contribution in [0.15, 0.2) is 35.3 Å². The second-order valence-corrected chi connectivity index (χ2v) is 6.71. The van der Waals surface area contributed by atoms with Crippen LogP contribution in [0.1, 0.15) is 35.8 Å². The first-order valence-corrected chi connectivity index (χ1v) is 9.55. The lowest BCUT2D eigenvalue weighted by atomic mass is 10.1. The SMILES string of the molecule is CCCCNC(=O)c1ccc(N(C)Cc2cnc3nc(NC)[nH]c(=O)c3n2)cc1. The Morgan fingerprint density at radius 2 is 1.97 bits per heavy atom. The molecule has 3 aromatic rings. The highest BCUT2D eigenvalue weighted by Crippen LogP contribution is 2.16. The number of aromatic amines is 1. The van der Waals surface area contributed by atoms with Crippen molar-refractivity contribution in [3.8, 4) is 0 Å². The Morgan fingerprint density at radius 3 is 2.66 bits per heavy atom. The summed E-state index contributed by atoms with van der Waals surface area (Å²) in [7, 11) is 3.58. The zero-order chi connectivity index (χ0) is 20.8. The van der Waals surface area contributed by atoms with Gasteiger partial charge in [0.1, 0.15) is 0 Å². The van der Waals surface area contributed by atoms with E-state index in [0.29, 0.717) is 35.9 Å². The number of nitrogens with zero attached hydrogens (tertiary/aromatic N) is 4. The van der Waals surface area contributed by atoms with Gasteiger partial charge in [0.15, 0.2) is 11.2 Å². The molecular weight excluding hydrogens is 370 g/mol. The molecule has 9 heteroatoms. The Labute approximate surface area is 168 Å². The van der Waals surface area contributed by atoms with E-state index >= 15 is 0 Å². The van der Waals surface area contributed by atoms with E-state index in [0.717, 1.165) is 18.5 Å². The molecular formula is C20H25N7O2. The zero-order valence-electron chi connectivity index (χ0n) is 16.8. The Bertz CT molecular complexity index is 1050. The molecule has 0 fully saturated rings. The van der Waals surface area contributed by atoms with Gasteiger partial charge in [0, 0.05) is 31.9 Å². The van der Waals surface area contributed by atoms with Gasteiger partial charge < -0.3 is 15.5 Å². The van der Waals surface area contributed by atoms with Crippen LogP contribution in [0.5, 0.6) is 0 Å². The number of H-pyrrole nitrogens is 1. The largest absolute Gasteiger partial charge is 0.369 e. The zero-order valence-corrected chi connectivity index (χ0v) is 16.8. The maximum absolute atomic E-state index is 12.2. The number of nitrogens with one attached hydrogen (secondary N) is 3. The van der Waals surface area contributed by atoms with E-state index in [1.165, 1.54) is 0 Å². The average Bonchev–Trinajstić information content (AvgIpc) is 2.74. The molecule has 0 aliphatic heterocycles. The third-order valence-electron chi connectivity index (χ3n) is 4.49. The number of aromatic nitrogens is 4. The molecule has 0 aliphatic carbocycles. The molecule has 0 bridgehead atoms. The third-order valence-corrected chi connectivity index (χ3v) is 4.49. The van der Waals surface area contributed by atoms with Crippen molar-refractivity contribution in [1.29, 1.82) is 0 Å². The van der Waals surface area contributed by atoms with Gasteiger partial charge in [-0.05, 0) is 30.7 Å². The molecule has 2 heterocycles. The molecule has 0 spiro atoms. The lowest BCUT2D eigenvalue weighted by Crippen LogP contribution is -2.24. The highest BCUT2D eigenvalue weighted by atomic mass is 16.1. The van der Waals surface area contributed by atoms with Crippen molar-refractivity contribution in [3.63, 3.8) is 0 Å². The van der Waals surface area contributed by atoms with E-state index in [9.17, 15) is 9.59 Å². The number of anilines is 2. The first kappa shape index (κ1) is 20.2. The number of carbonyl (C=O) groups excluding carboxylic acids is 1. The standard InChI is InChI=1S/C20H25N7O2/c1-4-5-10-22-18(28)13-6-8-15(9-7-13)27(3)12-14-11-23-17-16(24-14)19(29)26-20(21-2)25-17/h6-9,11H,4-5,10,12H2,1-3H3,(H,22,28)(H2,21,23,25,26,29). The molecule has 0 saturated carbocycles. The summed E-state index contributed by atoms with van der Waals surface area (Å²) in [6, 6.07) is 7.37. The van der Waals surface area contributed by atoms with Gasteiger partial charge in [-0.15, -0.1) is 0 Å². The molecule has 3 rings (SSSR count). The van der Waals surface area contributed by atoms with Crippen LogP contribution in [0.4, 0.5) is 11.6 Å². The predicted molar refractivity (Wildman–Crippen MR) is 113 cm³/mol. The minimum atomic E-state index is -0.338. The minimum Gasteiger partial charge on any atom is -0.369 e. The molecule has 0 aliphatic rings. The van der Waals surface area contributed by atoms with E-state index in [1.54, 1.807) is 25.4 Å². The molecule has 29 heavy (non-hydrogen) atoms. The molecule has 9 nitrogen and oxygen atoms in total. The fourth-order valence-corrected chi connectivity index (χ4v) is 2.83. The van der Waals surface area contributed by atoms with Crippen LogP contribution in [-0.4, -0.2) is 46.5 Å². The van der Waals surface area contributed by atoms with Crippen LogP contribution in [0, 0.1) is 0 Å². The van der Waals surface area contributed by atoms with Crippen LogP contribution >= 0.6 is 0 Å². The van der Waals surface area contributed by atoms with Crippen molar-refractivity contribution in [3.05, 3.63) is 52.1 Å². The van der Waals surface area contributed by atoms with Crippen LogP contribution in [-0.2, 0) is 6.54 Å². The van der Waals surface area contributed by atoms with Crippen LogP contribution in [0.25, 0.3) is 11.2 Å². The number of fused-ring (bicyclic) bond motifs is 1. The van der Waals surface area contributed by atoms with Gasteiger partial charge in [-0.3, -0.25) is 14.6 Å². The molecule has 2 aromatic heterocycles. The smallest absolute Gasteiger partial charge is 0.280 e. The lowest BCUT2D eigenvalue weighted by Gasteiger charge is -2.19. The Kier molecular flexibility index (Phi) is 6.38. The van der Waals surface area contributed by atoms with Crippen molar-refractivity contribution in [1.82, 2.24) is 25.3 Å². The summed E-state index contributed by atoms with van der Waals surface area (Å²) in [6.07, 6.45) is 3.62. The fourth-order valence-electron chi connectivity index (χ4n) is 2.83. The molecule has 1 amide bonds. The predicted octanol–water partition coefficient (Wildman–Crippen LogP) is 1.92. The second-order valence-electron chi connectivity index (χ2n) is 6.71. The Hall–Kier alpha value is -3.49. The van der Waals surface area contributed by atoms with Crippen LogP contribution in [0.3, 0.4) is 0 Å².